The van der Waals surface area contributed by atoms with Crippen LogP contribution in [0.2, 0.25) is 5.02 Å². The topological polar surface area (TPSA) is 118 Å². The molecule has 2 aromatic carbocycles. The Balaban J connectivity index is 1.56. The summed E-state index contributed by atoms with van der Waals surface area (Å²) in [6.07, 6.45) is -0.154. The predicted octanol–water partition coefficient (Wildman–Crippen LogP) is 4.74. The van der Waals surface area contributed by atoms with Crippen molar-refractivity contribution in [1.82, 2.24) is 14.8 Å². The van der Waals surface area contributed by atoms with Crippen molar-refractivity contribution >= 4 is 48.1 Å². The summed E-state index contributed by atoms with van der Waals surface area (Å²) in [5.74, 6) is -1.88. The van der Waals surface area contributed by atoms with Crippen molar-refractivity contribution in [1.29, 1.82) is 0 Å². The van der Waals surface area contributed by atoms with Crippen LogP contribution in [0.15, 0.2) is 42.6 Å². The van der Waals surface area contributed by atoms with Crippen molar-refractivity contribution in [3.8, 4) is 5.75 Å². The zero-order valence-corrected chi connectivity index (χ0v) is 23.6. The van der Waals surface area contributed by atoms with Crippen LogP contribution in [0.5, 0.6) is 5.75 Å². The van der Waals surface area contributed by atoms with E-state index in [9.17, 15) is 32.6 Å². The predicted molar refractivity (Wildman–Crippen MR) is 145 cm³/mol. The van der Waals surface area contributed by atoms with Gasteiger partial charge in [0.2, 0.25) is 11.8 Å². The van der Waals surface area contributed by atoms with Gasteiger partial charge in [0.25, 0.3) is 0 Å². The smallest absolute Gasteiger partial charge is 0.443 e. The number of nitrogens with one attached hydrogen (secondary N) is 1. The molecule has 40 heavy (non-hydrogen) atoms. The molecule has 0 aliphatic carbocycles. The third-order valence-electron chi connectivity index (χ3n) is 6.72. The van der Waals surface area contributed by atoms with Crippen molar-refractivity contribution in [3.05, 3.63) is 64.6 Å². The number of alkyl halides is 1. The lowest BCUT2D eigenvalue weighted by atomic mass is 10.1. The quantitative estimate of drug-likeness (QED) is 0.273. The first-order valence-electron chi connectivity index (χ1n) is 12.4. The van der Waals surface area contributed by atoms with E-state index in [1.807, 2.05) is 0 Å². The summed E-state index contributed by atoms with van der Waals surface area (Å²) in [4.78, 5) is 49.3. The standard InChI is InChI=1S/C27H27ClF2N3O6P/c1-15(34)20-13-32(22-10-18(7-8-19(20)22)39-27(2,3)40(37)38)14-24(35)33-12-17(29)9-23(33)26(36)31-11-16-5-4-6-21(28)25(16)30/h4-8,10,13,17,23H,9,11-12,14H2,1-3H3,(H-,31,36,37,38)/p+1/t17-,23+/m1/s1. The van der Waals surface area contributed by atoms with Gasteiger partial charge in [-0.2, -0.15) is 4.89 Å². The number of hydrogen-bond donors (Lipinski definition) is 2. The highest BCUT2D eigenvalue weighted by Crippen LogP contribution is 2.38. The molecule has 1 unspecified atom stereocenters. The summed E-state index contributed by atoms with van der Waals surface area (Å²) in [5, 5.41) is 1.60. The summed E-state index contributed by atoms with van der Waals surface area (Å²) in [6, 6.07) is 7.97. The van der Waals surface area contributed by atoms with Crippen molar-refractivity contribution in [2.75, 3.05) is 6.54 Å². The maximum absolute atomic E-state index is 14.4. The molecule has 0 spiro atoms. The van der Waals surface area contributed by atoms with Crippen LogP contribution in [0.25, 0.3) is 10.9 Å². The number of likely N-dealkylation sites (tertiary alicyclic amines) is 1. The van der Waals surface area contributed by atoms with Gasteiger partial charge in [-0.3, -0.25) is 14.4 Å². The zero-order chi connectivity index (χ0) is 29.4. The first-order valence-corrected chi connectivity index (χ1v) is 14.0. The third kappa shape index (κ3) is 6.16. The minimum atomic E-state index is -2.68. The number of amides is 2. The van der Waals surface area contributed by atoms with Gasteiger partial charge < -0.3 is 19.5 Å². The number of aromatic nitrogens is 1. The van der Waals surface area contributed by atoms with Crippen LogP contribution in [0.1, 0.15) is 43.1 Å². The number of carbonyl (C=O) groups is 3. The summed E-state index contributed by atoms with van der Waals surface area (Å²) in [6.45, 7) is 3.47. The highest BCUT2D eigenvalue weighted by molar-refractivity contribution is 7.39. The van der Waals surface area contributed by atoms with Gasteiger partial charge >= 0.3 is 13.4 Å². The van der Waals surface area contributed by atoms with Crippen LogP contribution in [0.3, 0.4) is 0 Å². The number of benzene rings is 2. The number of hydrogen-bond acceptors (Lipinski definition) is 5. The van der Waals surface area contributed by atoms with Gasteiger partial charge in [0, 0.05) is 55.6 Å². The van der Waals surface area contributed by atoms with E-state index < -0.39 is 43.2 Å². The Morgan fingerprint density at radius 2 is 1.98 bits per heavy atom. The van der Waals surface area contributed by atoms with Crippen LogP contribution in [-0.2, 0) is 27.2 Å². The second-order valence-electron chi connectivity index (χ2n) is 10.1. The number of nitrogens with zero attached hydrogens (tertiary/aromatic N) is 2. The monoisotopic (exact) mass is 594 g/mol. The molecule has 1 aromatic heterocycles. The molecule has 0 saturated carbocycles. The van der Waals surface area contributed by atoms with E-state index in [0.29, 0.717) is 16.5 Å². The van der Waals surface area contributed by atoms with E-state index in [2.05, 4.69) is 5.32 Å². The summed E-state index contributed by atoms with van der Waals surface area (Å²) >= 11 is 5.79. The molecule has 4 rings (SSSR count). The van der Waals surface area contributed by atoms with Gasteiger partial charge in [0.15, 0.2) is 5.78 Å². The van der Waals surface area contributed by atoms with Crippen molar-refractivity contribution in [2.45, 2.75) is 57.8 Å². The van der Waals surface area contributed by atoms with Crippen LogP contribution in [0, 0.1) is 5.82 Å². The molecule has 3 atom stereocenters. The second kappa shape index (κ2) is 11.6. The molecule has 13 heteroatoms. The average molecular weight is 595 g/mol. The van der Waals surface area contributed by atoms with Gasteiger partial charge in [-0.15, -0.1) is 0 Å². The lowest BCUT2D eigenvalue weighted by Gasteiger charge is -2.24. The van der Waals surface area contributed by atoms with E-state index >= 15 is 0 Å². The van der Waals surface area contributed by atoms with Crippen LogP contribution < -0.4 is 10.1 Å². The van der Waals surface area contributed by atoms with Crippen molar-refractivity contribution < 1.29 is 37.4 Å². The van der Waals surface area contributed by atoms with E-state index in [-0.39, 0.29) is 48.2 Å². The molecule has 2 heterocycles. The molecule has 2 N–H and O–H groups in total. The van der Waals surface area contributed by atoms with E-state index in [0.717, 1.165) is 4.90 Å². The van der Waals surface area contributed by atoms with Crippen molar-refractivity contribution in [2.24, 2.45) is 0 Å². The zero-order valence-electron chi connectivity index (χ0n) is 22.0. The van der Waals surface area contributed by atoms with E-state index in [4.69, 9.17) is 16.3 Å². The fraction of sp³-hybridized carbons (Fsp3) is 0.370. The van der Waals surface area contributed by atoms with Gasteiger partial charge in [-0.1, -0.05) is 23.7 Å². The number of rotatable bonds is 9. The number of fused-ring (bicyclic) bond motifs is 1. The number of ketones is 1. The second-order valence-corrected chi connectivity index (χ2v) is 12.1. The molecular formula is C27H28ClF2N3O6P+. The Morgan fingerprint density at radius 1 is 1.25 bits per heavy atom. The SMILES string of the molecule is CC(=O)c1cn(CC(=O)N2C[C@H](F)C[C@H]2C(=O)NCc2cccc(Cl)c2F)c2cc(OC(C)(C)[P+](=O)O)ccc12. The van der Waals surface area contributed by atoms with Gasteiger partial charge in [-0.25, -0.2) is 8.78 Å². The third-order valence-corrected chi connectivity index (χ3v) is 8.03. The largest absolute Gasteiger partial charge is 0.553 e. The van der Waals surface area contributed by atoms with Gasteiger partial charge in [0.05, 0.1) is 17.1 Å². The van der Waals surface area contributed by atoms with E-state index in [1.54, 1.807) is 18.2 Å². The fourth-order valence-electron chi connectivity index (χ4n) is 4.60. The Bertz CT molecular complexity index is 1510. The lowest BCUT2D eigenvalue weighted by molar-refractivity contribution is -0.139. The first-order chi connectivity index (χ1) is 18.8. The average Bonchev–Trinajstić information content (AvgIpc) is 3.45. The molecular weight excluding hydrogens is 567 g/mol. The minimum absolute atomic E-state index is 0.0978. The van der Waals surface area contributed by atoms with Crippen LogP contribution >= 0.6 is 19.6 Å². The minimum Gasteiger partial charge on any atom is -0.443 e. The molecule has 3 aromatic rings. The summed E-state index contributed by atoms with van der Waals surface area (Å²) in [5.41, 5.74) is 0.925. The van der Waals surface area contributed by atoms with Gasteiger partial charge in [-0.05, 0) is 29.7 Å². The maximum Gasteiger partial charge on any atom is 0.553 e. The Kier molecular flexibility index (Phi) is 8.58. The molecule has 2 amide bonds. The molecule has 0 radical (unpaired) electrons. The van der Waals surface area contributed by atoms with Crippen molar-refractivity contribution in [3.63, 3.8) is 0 Å². The lowest BCUT2D eigenvalue weighted by Crippen LogP contribution is -2.46. The molecule has 212 valence electrons. The Morgan fingerprint density at radius 3 is 2.65 bits per heavy atom. The highest BCUT2D eigenvalue weighted by atomic mass is 35.5. The summed E-state index contributed by atoms with van der Waals surface area (Å²) < 4.78 is 47.5. The number of Topliss-reactive ketones (excluding diaryl/α,β-unsaturated/α-hetero) is 1. The Labute approximate surface area is 234 Å². The van der Waals surface area contributed by atoms with E-state index in [1.165, 1.54) is 49.7 Å². The number of halogens is 3. The molecule has 1 aliphatic rings. The first kappa shape index (κ1) is 29.6. The highest BCUT2D eigenvalue weighted by Gasteiger charge is 2.42. The molecule has 1 fully saturated rings. The fourth-order valence-corrected chi connectivity index (χ4v) is 4.98. The molecule has 0 bridgehead atoms. The molecule has 9 nitrogen and oxygen atoms in total. The molecule has 1 aliphatic heterocycles. The number of carbonyl (C=O) groups excluding carboxylic acids is 3. The molecule has 1 saturated heterocycles. The van der Waals surface area contributed by atoms with Gasteiger partial charge in [0.1, 0.15) is 30.3 Å². The Hall–Kier alpha value is -3.40. The number of ether oxygens (including phenoxy) is 1. The van der Waals surface area contributed by atoms with Crippen LogP contribution in [-0.4, -0.2) is 56.1 Å². The maximum atomic E-state index is 14.4. The summed E-state index contributed by atoms with van der Waals surface area (Å²) in [7, 11) is -2.68. The normalized spacial score (nSPS) is 17.7. The van der Waals surface area contributed by atoms with Crippen LogP contribution in [0.4, 0.5) is 8.78 Å².